The van der Waals surface area contributed by atoms with Crippen molar-refractivity contribution in [1.82, 2.24) is 9.88 Å². The summed E-state index contributed by atoms with van der Waals surface area (Å²) in [5.41, 5.74) is 3.27. The van der Waals surface area contributed by atoms with Crippen LogP contribution in [-0.2, 0) is 0 Å². The van der Waals surface area contributed by atoms with Crippen molar-refractivity contribution >= 4 is 5.91 Å². The summed E-state index contributed by atoms with van der Waals surface area (Å²) in [6, 6.07) is 16.7. The number of benzene rings is 2. The molecule has 1 unspecified atom stereocenters. The number of carbonyl (C=O) groups is 1. The number of hydrogen-bond donors (Lipinski definition) is 0. The second-order valence-corrected chi connectivity index (χ2v) is 7.17. The highest BCUT2D eigenvalue weighted by Crippen LogP contribution is 2.29. The molecule has 30 heavy (non-hydrogen) atoms. The summed E-state index contributed by atoms with van der Waals surface area (Å²) in [7, 11) is 0. The van der Waals surface area contributed by atoms with Gasteiger partial charge in [-0.25, -0.2) is 0 Å². The maximum atomic E-state index is 12.8. The zero-order valence-corrected chi connectivity index (χ0v) is 16.0. The Morgan fingerprint density at radius 3 is 2.27 bits per heavy atom. The molecule has 4 rings (SSSR count). The van der Waals surface area contributed by atoms with Crippen LogP contribution in [-0.4, -0.2) is 35.2 Å². The number of rotatable bonds is 4. The molecule has 0 spiro atoms. The smallest absolute Gasteiger partial charge is 0.406 e. The fourth-order valence-electron chi connectivity index (χ4n) is 3.67. The maximum Gasteiger partial charge on any atom is 0.573 e. The van der Waals surface area contributed by atoms with E-state index in [0.717, 1.165) is 23.1 Å². The molecule has 0 radical (unpaired) electrons. The molecule has 1 aliphatic rings. The largest absolute Gasteiger partial charge is 0.573 e. The molecular formula is C23H19F3N2O2. The lowest BCUT2D eigenvalue weighted by Gasteiger charge is -2.17. The van der Waals surface area contributed by atoms with Crippen molar-refractivity contribution in [2.75, 3.05) is 13.1 Å². The Labute approximate surface area is 171 Å². The Hall–Kier alpha value is -3.35. The lowest BCUT2D eigenvalue weighted by Crippen LogP contribution is -2.28. The summed E-state index contributed by atoms with van der Waals surface area (Å²) in [5.74, 6) is -0.00327. The molecule has 1 fully saturated rings. The van der Waals surface area contributed by atoms with E-state index in [2.05, 4.69) is 9.72 Å². The van der Waals surface area contributed by atoms with Gasteiger partial charge >= 0.3 is 6.36 Å². The molecule has 1 saturated heterocycles. The van der Waals surface area contributed by atoms with E-state index in [-0.39, 0.29) is 11.7 Å². The standard InChI is InChI=1S/C23H19F3N2O2/c24-23(25,26)30-21-9-7-17(8-10-21)16-3-5-18(6-4-16)22(29)28-13-11-20(15-28)19-2-1-12-27-14-19/h1-10,12,14,20H,11,13,15H2. The Morgan fingerprint density at radius 1 is 1.00 bits per heavy atom. The van der Waals surface area contributed by atoms with Gasteiger partial charge in [-0.15, -0.1) is 13.2 Å². The topological polar surface area (TPSA) is 42.4 Å². The van der Waals surface area contributed by atoms with Crippen LogP contribution in [0.25, 0.3) is 11.1 Å². The van der Waals surface area contributed by atoms with Crippen LogP contribution in [0.5, 0.6) is 5.75 Å². The van der Waals surface area contributed by atoms with Gasteiger partial charge in [0, 0.05) is 37.0 Å². The van der Waals surface area contributed by atoms with Crippen LogP contribution in [0.4, 0.5) is 13.2 Å². The third-order valence-corrected chi connectivity index (χ3v) is 5.18. The van der Waals surface area contributed by atoms with Gasteiger partial charge in [-0.05, 0) is 53.4 Å². The molecule has 1 amide bonds. The SMILES string of the molecule is O=C(c1ccc(-c2ccc(OC(F)(F)F)cc2)cc1)N1CCC(c2cccnc2)C1. The van der Waals surface area contributed by atoms with Crippen LogP contribution in [0.1, 0.15) is 28.3 Å². The van der Waals surface area contributed by atoms with Crippen molar-refractivity contribution < 1.29 is 22.7 Å². The van der Waals surface area contributed by atoms with E-state index < -0.39 is 6.36 Å². The predicted octanol–water partition coefficient (Wildman–Crippen LogP) is 5.28. The molecule has 0 saturated carbocycles. The highest BCUT2D eigenvalue weighted by Gasteiger charge is 2.31. The fraction of sp³-hybridized carbons (Fsp3) is 0.217. The molecule has 3 aromatic rings. The number of amides is 1. The van der Waals surface area contributed by atoms with Gasteiger partial charge in [-0.3, -0.25) is 9.78 Å². The van der Waals surface area contributed by atoms with Crippen LogP contribution in [0, 0.1) is 0 Å². The predicted molar refractivity (Wildman–Crippen MR) is 106 cm³/mol. The van der Waals surface area contributed by atoms with Crippen LogP contribution < -0.4 is 4.74 Å². The molecule has 2 aromatic carbocycles. The van der Waals surface area contributed by atoms with Crippen LogP contribution in [0.15, 0.2) is 73.1 Å². The van der Waals surface area contributed by atoms with Crippen molar-refractivity contribution in [1.29, 1.82) is 0 Å². The van der Waals surface area contributed by atoms with E-state index in [0.29, 0.717) is 24.6 Å². The summed E-state index contributed by atoms with van der Waals surface area (Å²) in [4.78, 5) is 18.8. The Bertz CT molecular complexity index is 1000. The Kier molecular flexibility index (Phi) is 5.44. The van der Waals surface area contributed by atoms with Gasteiger partial charge in [-0.2, -0.15) is 0 Å². The van der Waals surface area contributed by atoms with Crippen LogP contribution in [0.3, 0.4) is 0 Å². The summed E-state index contributed by atoms with van der Waals surface area (Å²) in [5, 5.41) is 0. The highest BCUT2D eigenvalue weighted by molar-refractivity contribution is 5.95. The molecule has 1 atom stereocenters. The normalized spacial score (nSPS) is 16.5. The average molecular weight is 412 g/mol. The summed E-state index contributed by atoms with van der Waals surface area (Å²) >= 11 is 0. The molecule has 0 N–H and O–H groups in total. The van der Waals surface area contributed by atoms with Crippen molar-refractivity contribution in [3.63, 3.8) is 0 Å². The van der Waals surface area contributed by atoms with E-state index in [1.165, 1.54) is 12.1 Å². The molecular weight excluding hydrogens is 393 g/mol. The fourth-order valence-corrected chi connectivity index (χ4v) is 3.67. The first-order chi connectivity index (χ1) is 14.4. The molecule has 0 aliphatic carbocycles. The van der Waals surface area contributed by atoms with Gasteiger partial charge in [0.2, 0.25) is 0 Å². The number of aromatic nitrogens is 1. The minimum atomic E-state index is -4.71. The first-order valence-electron chi connectivity index (χ1n) is 9.54. The highest BCUT2D eigenvalue weighted by atomic mass is 19.4. The van der Waals surface area contributed by atoms with Crippen molar-refractivity contribution in [3.05, 3.63) is 84.2 Å². The van der Waals surface area contributed by atoms with Gasteiger partial charge in [-0.1, -0.05) is 30.3 Å². The van der Waals surface area contributed by atoms with Gasteiger partial charge < -0.3 is 9.64 Å². The summed E-state index contributed by atoms with van der Waals surface area (Å²) in [6.07, 6.45) is -0.227. The van der Waals surface area contributed by atoms with Gasteiger partial charge in [0.05, 0.1) is 0 Å². The quantitative estimate of drug-likeness (QED) is 0.586. The van der Waals surface area contributed by atoms with E-state index in [1.807, 2.05) is 23.2 Å². The Morgan fingerprint density at radius 2 is 1.67 bits per heavy atom. The van der Waals surface area contributed by atoms with Crippen molar-refractivity contribution in [3.8, 4) is 16.9 Å². The zero-order valence-electron chi connectivity index (χ0n) is 16.0. The Balaban J connectivity index is 1.41. The second kappa shape index (κ2) is 8.18. The van der Waals surface area contributed by atoms with Crippen molar-refractivity contribution in [2.45, 2.75) is 18.7 Å². The average Bonchev–Trinajstić information content (AvgIpc) is 3.24. The monoisotopic (exact) mass is 412 g/mol. The number of pyridine rings is 1. The summed E-state index contributed by atoms with van der Waals surface area (Å²) in [6.45, 7) is 1.35. The minimum absolute atomic E-state index is 0.0261. The third-order valence-electron chi connectivity index (χ3n) is 5.18. The first kappa shape index (κ1) is 19.9. The molecule has 4 nitrogen and oxygen atoms in total. The van der Waals surface area contributed by atoms with Gasteiger partial charge in [0.15, 0.2) is 0 Å². The lowest BCUT2D eigenvalue weighted by atomic mass is 10.0. The van der Waals surface area contributed by atoms with Crippen LogP contribution >= 0.6 is 0 Å². The molecule has 2 heterocycles. The first-order valence-corrected chi connectivity index (χ1v) is 9.54. The van der Waals surface area contributed by atoms with Crippen LogP contribution in [0.2, 0.25) is 0 Å². The molecule has 1 aliphatic heterocycles. The molecule has 0 bridgehead atoms. The summed E-state index contributed by atoms with van der Waals surface area (Å²) < 4.78 is 40.7. The number of nitrogens with zero attached hydrogens (tertiary/aromatic N) is 2. The molecule has 7 heteroatoms. The van der Waals surface area contributed by atoms with E-state index in [4.69, 9.17) is 0 Å². The number of likely N-dealkylation sites (tertiary alicyclic amines) is 1. The third kappa shape index (κ3) is 4.62. The number of alkyl halides is 3. The minimum Gasteiger partial charge on any atom is -0.406 e. The van der Waals surface area contributed by atoms with E-state index in [1.54, 1.807) is 42.6 Å². The lowest BCUT2D eigenvalue weighted by molar-refractivity contribution is -0.274. The van der Waals surface area contributed by atoms with Crippen molar-refractivity contribution in [2.24, 2.45) is 0 Å². The van der Waals surface area contributed by atoms with Gasteiger partial charge in [0.1, 0.15) is 5.75 Å². The zero-order chi connectivity index (χ0) is 21.1. The molecule has 154 valence electrons. The number of hydrogen-bond acceptors (Lipinski definition) is 3. The second-order valence-electron chi connectivity index (χ2n) is 7.17. The number of carbonyl (C=O) groups excluding carboxylic acids is 1. The van der Waals surface area contributed by atoms with E-state index >= 15 is 0 Å². The van der Waals surface area contributed by atoms with Gasteiger partial charge in [0.25, 0.3) is 5.91 Å². The maximum absolute atomic E-state index is 12.8. The van der Waals surface area contributed by atoms with E-state index in [9.17, 15) is 18.0 Å². The molecule has 1 aromatic heterocycles. The number of halogens is 3. The number of ether oxygens (including phenoxy) is 1.